The fourth-order valence-electron chi connectivity index (χ4n) is 3.33. The smallest absolute Gasteiger partial charge is 0.271 e. The normalized spacial score (nSPS) is 16.3. The highest BCUT2D eigenvalue weighted by Gasteiger charge is 2.34. The van der Waals surface area contributed by atoms with Crippen molar-refractivity contribution < 1.29 is 18.4 Å². The quantitative estimate of drug-likeness (QED) is 0.465. The van der Waals surface area contributed by atoms with E-state index >= 15 is 0 Å². The minimum absolute atomic E-state index is 0.0359. The number of furan rings is 2. The van der Waals surface area contributed by atoms with Gasteiger partial charge < -0.3 is 8.83 Å². The van der Waals surface area contributed by atoms with Crippen LogP contribution in [0.4, 0.5) is 0 Å². The van der Waals surface area contributed by atoms with Crippen LogP contribution in [-0.2, 0) is 9.59 Å². The molecule has 6 nitrogen and oxygen atoms in total. The molecule has 3 heterocycles. The first kappa shape index (κ1) is 19.2. The molecule has 4 rings (SSSR count). The lowest BCUT2D eigenvalue weighted by atomic mass is 9.95. The van der Waals surface area contributed by atoms with E-state index in [1.54, 1.807) is 32.1 Å². The van der Waals surface area contributed by atoms with E-state index in [2.05, 4.69) is 0 Å². The van der Waals surface area contributed by atoms with E-state index in [-0.39, 0.29) is 17.7 Å². The highest BCUT2D eigenvalue weighted by atomic mass is 16.4. The van der Waals surface area contributed by atoms with Crippen LogP contribution in [0, 0.1) is 11.3 Å². The standard InChI is InChI=1S/C24H18N2O4/c1-3-26-23(27)19(15(2)20(14-25)24(26)28)11-18-13-22-21(30-18)12-17(29-22)10-9-16-7-5-4-6-8-16/h4-13H,3H2,1-2H3/b10-9+,19-11-. The molecular formula is C24H18N2O4. The number of carbonyl (C=O) groups is 2. The molecule has 1 aliphatic rings. The number of hydrogen-bond donors (Lipinski definition) is 0. The summed E-state index contributed by atoms with van der Waals surface area (Å²) in [4.78, 5) is 26.0. The van der Waals surface area contributed by atoms with Crippen molar-refractivity contribution in [3.8, 4) is 6.07 Å². The molecule has 148 valence electrons. The molecule has 0 bridgehead atoms. The fraction of sp³-hybridized carbons (Fsp3) is 0.125. The number of fused-ring (bicyclic) bond motifs is 1. The average Bonchev–Trinajstić information content (AvgIpc) is 3.29. The summed E-state index contributed by atoms with van der Waals surface area (Å²) in [7, 11) is 0. The minimum atomic E-state index is -0.567. The largest absolute Gasteiger partial charge is 0.453 e. The Labute approximate surface area is 173 Å². The van der Waals surface area contributed by atoms with Gasteiger partial charge in [0.25, 0.3) is 11.8 Å². The number of likely N-dealkylation sites (N-methyl/N-ethyl adjacent to an activating group) is 1. The molecule has 0 aliphatic carbocycles. The van der Waals surface area contributed by atoms with Crippen molar-refractivity contribution in [1.82, 2.24) is 4.90 Å². The van der Waals surface area contributed by atoms with E-state index in [1.165, 1.54) is 0 Å². The van der Waals surface area contributed by atoms with Gasteiger partial charge >= 0.3 is 0 Å². The molecule has 0 radical (unpaired) electrons. The first-order valence-electron chi connectivity index (χ1n) is 9.47. The molecule has 1 aliphatic heterocycles. The van der Waals surface area contributed by atoms with Crippen LogP contribution in [0.5, 0.6) is 0 Å². The molecule has 0 atom stereocenters. The number of imide groups is 1. The van der Waals surface area contributed by atoms with Crippen molar-refractivity contribution in [3.63, 3.8) is 0 Å². The lowest BCUT2D eigenvalue weighted by molar-refractivity contribution is -0.140. The number of hydrogen-bond acceptors (Lipinski definition) is 5. The van der Waals surface area contributed by atoms with Gasteiger partial charge in [0, 0.05) is 24.3 Å². The van der Waals surface area contributed by atoms with Gasteiger partial charge in [-0.1, -0.05) is 36.4 Å². The molecule has 0 fully saturated rings. The average molecular weight is 398 g/mol. The van der Waals surface area contributed by atoms with E-state index in [0.29, 0.717) is 28.3 Å². The van der Waals surface area contributed by atoms with E-state index in [1.807, 2.05) is 48.6 Å². The molecule has 6 heteroatoms. The second-order valence-electron chi connectivity index (χ2n) is 6.79. The van der Waals surface area contributed by atoms with Crippen molar-refractivity contribution in [2.75, 3.05) is 6.54 Å². The zero-order chi connectivity index (χ0) is 21.3. The van der Waals surface area contributed by atoms with E-state index in [0.717, 1.165) is 10.5 Å². The van der Waals surface area contributed by atoms with Gasteiger partial charge in [0.2, 0.25) is 0 Å². The second-order valence-corrected chi connectivity index (χ2v) is 6.79. The third-order valence-corrected chi connectivity index (χ3v) is 4.91. The Bertz CT molecular complexity index is 1250. The van der Waals surface area contributed by atoms with E-state index in [9.17, 15) is 14.9 Å². The highest BCUT2D eigenvalue weighted by molar-refractivity contribution is 6.19. The molecule has 30 heavy (non-hydrogen) atoms. The Kier molecular flexibility index (Phi) is 4.95. The van der Waals surface area contributed by atoms with E-state index in [4.69, 9.17) is 8.83 Å². The number of carbonyl (C=O) groups excluding carboxylic acids is 2. The topological polar surface area (TPSA) is 87.4 Å². The first-order chi connectivity index (χ1) is 14.5. The number of benzene rings is 1. The van der Waals surface area contributed by atoms with Gasteiger partial charge in [0.05, 0.1) is 0 Å². The third-order valence-electron chi connectivity index (χ3n) is 4.91. The predicted octanol–water partition coefficient (Wildman–Crippen LogP) is 4.81. The maximum absolute atomic E-state index is 12.7. The summed E-state index contributed by atoms with van der Waals surface area (Å²) in [6.45, 7) is 3.46. The molecule has 0 N–H and O–H groups in total. The van der Waals surface area contributed by atoms with Crippen LogP contribution in [0.25, 0.3) is 29.4 Å². The zero-order valence-electron chi connectivity index (χ0n) is 16.5. The molecule has 3 aromatic rings. The van der Waals surface area contributed by atoms with Crippen LogP contribution in [0.3, 0.4) is 0 Å². The molecular weight excluding hydrogens is 380 g/mol. The van der Waals surface area contributed by atoms with Crippen molar-refractivity contribution in [2.45, 2.75) is 13.8 Å². The number of nitrogens with zero attached hydrogens (tertiary/aromatic N) is 2. The molecule has 2 amide bonds. The molecule has 0 spiro atoms. The number of amides is 2. The van der Waals surface area contributed by atoms with Crippen molar-refractivity contribution in [1.29, 1.82) is 5.26 Å². The maximum atomic E-state index is 12.7. The van der Waals surface area contributed by atoms with Crippen molar-refractivity contribution >= 4 is 41.2 Å². The van der Waals surface area contributed by atoms with Gasteiger partial charge in [-0.25, -0.2) is 0 Å². The van der Waals surface area contributed by atoms with Crippen LogP contribution in [0.1, 0.15) is 30.9 Å². The molecule has 1 aromatic carbocycles. The Morgan fingerprint density at radius 1 is 1.00 bits per heavy atom. The lowest BCUT2D eigenvalue weighted by Gasteiger charge is -2.25. The van der Waals surface area contributed by atoms with Gasteiger partial charge in [0.15, 0.2) is 11.2 Å². The Balaban J connectivity index is 1.66. The summed E-state index contributed by atoms with van der Waals surface area (Å²) in [5.41, 5.74) is 2.71. The highest BCUT2D eigenvalue weighted by Crippen LogP contribution is 2.30. The lowest BCUT2D eigenvalue weighted by Crippen LogP contribution is -2.42. The van der Waals surface area contributed by atoms with Gasteiger partial charge in [-0.05, 0) is 37.1 Å². The Morgan fingerprint density at radius 2 is 1.67 bits per heavy atom. The number of nitriles is 1. The summed E-state index contributed by atoms with van der Waals surface area (Å²) in [5.74, 6) is 0.0417. The Hall–Kier alpha value is -4.11. The summed E-state index contributed by atoms with van der Waals surface area (Å²) in [6.07, 6.45) is 5.33. The van der Waals surface area contributed by atoms with Gasteiger partial charge in [-0.2, -0.15) is 5.26 Å². The predicted molar refractivity (Wildman–Crippen MR) is 113 cm³/mol. The summed E-state index contributed by atoms with van der Waals surface area (Å²) < 4.78 is 11.6. The van der Waals surface area contributed by atoms with E-state index < -0.39 is 11.8 Å². The zero-order valence-corrected chi connectivity index (χ0v) is 16.5. The van der Waals surface area contributed by atoms with Gasteiger partial charge in [-0.15, -0.1) is 0 Å². The summed E-state index contributed by atoms with van der Waals surface area (Å²) in [5, 5.41) is 9.32. The summed E-state index contributed by atoms with van der Waals surface area (Å²) in [6, 6.07) is 15.2. The van der Waals surface area contributed by atoms with Crippen LogP contribution >= 0.6 is 0 Å². The Morgan fingerprint density at radius 3 is 2.33 bits per heavy atom. The van der Waals surface area contributed by atoms with Gasteiger partial charge in [0.1, 0.15) is 23.2 Å². The molecule has 0 unspecified atom stereocenters. The first-order valence-corrected chi connectivity index (χ1v) is 9.47. The fourth-order valence-corrected chi connectivity index (χ4v) is 3.33. The maximum Gasteiger partial charge on any atom is 0.271 e. The molecule has 2 aromatic heterocycles. The minimum Gasteiger partial charge on any atom is -0.453 e. The van der Waals surface area contributed by atoms with Crippen LogP contribution < -0.4 is 0 Å². The SMILES string of the molecule is CCN1C(=O)C(C#N)=C(C)/C(=C/c2cc3oc(/C=C/c4ccccc4)cc3o2)C1=O. The van der Waals surface area contributed by atoms with Gasteiger partial charge in [-0.3, -0.25) is 14.5 Å². The number of rotatable bonds is 4. The second kappa shape index (κ2) is 7.72. The monoisotopic (exact) mass is 398 g/mol. The summed E-state index contributed by atoms with van der Waals surface area (Å²) >= 11 is 0. The third kappa shape index (κ3) is 3.38. The van der Waals surface area contributed by atoms with Crippen LogP contribution in [0.15, 0.2) is 68.0 Å². The van der Waals surface area contributed by atoms with Crippen molar-refractivity contribution in [2.24, 2.45) is 0 Å². The van der Waals surface area contributed by atoms with Crippen LogP contribution in [0.2, 0.25) is 0 Å². The van der Waals surface area contributed by atoms with Crippen molar-refractivity contribution in [3.05, 3.63) is 76.3 Å². The molecule has 0 saturated heterocycles. The van der Waals surface area contributed by atoms with Crippen LogP contribution in [-0.4, -0.2) is 23.3 Å². The molecule has 0 saturated carbocycles.